The van der Waals surface area contributed by atoms with E-state index in [2.05, 4.69) is 0 Å². The Morgan fingerprint density at radius 3 is 2.45 bits per heavy atom. The molecule has 0 atom stereocenters. The second kappa shape index (κ2) is 5.90. The van der Waals surface area contributed by atoms with Gasteiger partial charge in [0.2, 0.25) is 0 Å². The lowest BCUT2D eigenvalue weighted by Crippen LogP contribution is -2.53. The highest BCUT2D eigenvalue weighted by atomic mass is 19.1. The first-order valence-electron chi connectivity index (χ1n) is 6.15. The van der Waals surface area contributed by atoms with Crippen LogP contribution in [0.5, 0.6) is 5.75 Å². The van der Waals surface area contributed by atoms with Crippen LogP contribution in [0.2, 0.25) is 0 Å². The molecule has 5 nitrogen and oxygen atoms in total. The molecule has 0 aliphatic rings. The Bertz CT molecular complexity index is 528. The van der Waals surface area contributed by atoms with Gasteiger partial charge in [0.15, 0.2) is 0 Å². The molecule has 1 aromatic rings. The summed E-state index contributed by atoms with van der Waals surface area (Å²) in [5.41, 5.74) is -1.70. The summed E-state index contributed by atoms with van der Waals surface area (Å²) in [7, 11) is 1.32. The van der Waals surface area contributed by atoms with Gasteiger partial charge in [-0.1, -0.05) is 6.07 Å². The third kappa shape index (κ3) is 2.74. The number of carboxylic acids is 1. The second-order valence-electron chi connectivity index (χ2n) is 4.73. The van der Waals surface area contributed by atoms with Gasteiger partial charge in [0.25, 0.3) is 5.91 Å². The minimum absolute atomic E-state index is 0.0784. The maximum Gasteiger partial charge on any atom is 0.329 e. The van der Waals surface area contributed by atoms with Crippen molar-refractivity contribution in [3.63, 3.8) is 0 Å². The minimum atomic E-state index is -1.45. The molecule has 1 aromatic carbocycles. The van der Waals surface area contributed by atoms with E-state index in [0.717, 1.165) is 11.0 Å². The normalized spacial score (nSPS) is 11.1. The first kappa shape index (κ1) is 15.9. The van der Waals surface area contributed by atoms with Crippen molar-refractivity contribution in [2.75, 3.05) is 13.7 Å². The van der Waals surface area contributed by atoms with Crippen molar-refractivity contribution in [2.24, 2.45) is 0 Å². The summed E-state index contributed by atoms with van der Waals surface area (Å²) in [5.74, 6) is -2.54. The molecular weight excluding hydrogens is 265 g/mol. The number of rotatable bonds is 5. The summed E-state index contributed by atoms with van der Waals surface area (Å²) >= 11 is 0. The van der Waals surface area contributed by atoms with Crippen LogP contribution < -0.4 is 4.74 Å². The SMILES string of the molecule is CCN(C(=O)c1c(F)cccc1OC)C(C)(C)C(=O)O. The van der Waals surface area contributed by atoms with Crippen molar-refractivity contribution in [2.45, 2.75) is 26.3 Å². The van der Waals surface area contributed by atoms with E-state index in [1.54, 1.807) is 6.92 Å². The van der Waals surface area contributed by atoms with Gasteiger partial charge in [-0.3, -0.25) is 4.79 Å². The number of likely N-dealkylation sites (N-methyl/N-ethyl adjacent to an activating group) is 1. The fourth-order valence-corrected chi connectivity index (χ4v) is 1.93. The Morgan fingerprint density at radius 1 is 1.40 bits per heavy atom. The van der Waals surface area contributed by atoms with Gasteiger partial charge in [0, 0.05) is 6.54 Å². The first-order valence-corrected chi connectivity index (χ1v) is 6.15. The van der Waals surface area contributed by atoms with E-state index in [1.807, 2.05) is 0 Å². The number of carboxylic acid groups (broad SMARTS) is 1. The standard InChI is InChI=1S/C14H18FNO4/c1-5-16(14(2,3)13(18)19)12(17)11-9(15)7-6-8-10(11)20-4/h6-8H,5H2,1-4H3,(H,18,19). The average Bonchev–Trinajstić information content (AvgIpc) is 2.38. The van der Waals surface area contributed by atoms with Crippen LogP contribution in [0.4, 0.5) is 4.39 Å². The van der Waals surface area contributed by atoms with Crippen molar-refractivity contribution in [3.05, 3.63) is 29.6 Å². The van der Waals surface area contributed by atoms with E-state index in [0.29, 0.717) is 0 Å². The van der Waals surface area contributed by atoms with Gasteiger partial charge < -0.3 is 14.7 Å². The number of carbonyl (C=O) groups is 2. The Hall–Kier alpha value is -2.11. The number of hydrogen-bond donors (Lipinski definition) is 1. The molecule has 1 amide bonds. The third-order valence-corrected chi connectivity index (χ3v) is 3.17. The molecule has 0 saturated heterocycles. The van der Waals surface area contributed by atoms with Crippen molar-refractivity contribution in [3.8, 4) is 5.75 Å². The van der Waals surface area contributed by atoms with Crippen LogP contribution in [0.15, 0.2) is 18.2 Å². The van der Waals surface area contributed by atoms with Crippen LogP contribution >= 0.6 is 0 Å². The number of ether oxygens (including phenoxy) is 1. The smallest absolute Gasteiger partial charge is 0.329 e. The Kier molecular flexibility index (Phi) is 4.70. The van der Waals surface area contributed by atoms with E-state index >= 15 is 0 Å². The van der Waals surface area contributed by atoms with Gasteiger partial charge in [-0.15, -0.1) is 0 Å². The molecule has 110 valence electrons. The summed E-state index contributed by atoms with van der Waals surface area (Å²) in [6.07, 6.45) is 0. The molecule has 0 radical (unpaired) electrons. The molecule has 1 N–H and O–H groups in total. The first-order chi connectivity index (χ1) is 9.27. The van der Waals surface area contributed by atoms with E-state index < -0.39 is 23.2 Å². The van der Waals surface area contributed by atoms with Crippen molar-refractivity contribution < 1.29 is 23.8 Å². The summed E-state index contributed by atoms with van der Waals surface area (Å²) in [6, 6.07) is 4.01. The van der Waals surface area contributed by atoms with Crippen LogP contribution in [0.3, 0.4) is 0 Å². The number of benzene rings is 1. The topological polar surface area (TPSA) is 66.8 Å². The van der Waals surface area contributed by atoms with Crippen molar-refractivity contribution in [1.29, 1.82) is 0 Å². The largest absolute Gasteiger partial charge is 0.496 e. The molecule has 20 heavy (non-hydrogen) atoms. The summed E-state index contributed by atoms with van der Waals surface area (Å²) in [4.78, 5) is 24.8. The molecule has 0 aromatic heterocycles. The number of amides is 1. The van der Waals surface area contributed by atoms with E-state index in [1.165, 1.54) is 33.1 Å². The van der Waals surface area contributed by atoms with Crippen LogP contribution in [0.1, 0.15) is 31.1 Å². The fraction of sp³-hybridized carbons (Fsp3) is 0.429. The van der Waals surface area contributed by atoms with Crippen LogP contribution in [0, 0.1) is 5.82 Å². The zero-order chi connectivity index (χ0) is 15.5. The van der Waals surface area contributed by atoms with Crippen molar-refractivity contribution >= 4 is 11.9 Å². The van der Waals surface area contributed by atoms with Gasteiger partial charge >= 0.3 is 5.97 Å². The highest BCUT2D eigenvalue weighted by Crippen LogP contribution is 2.26. The quantitative estimate of drug-likeness (QED) is 0.899. The number of nitrogens with zero attached hydrogens (tertiary/aromatic N) is 1. The van der Waals surface area contributed by atoms with Gasteiger partial charge in [0.05, 0.1) is 7.11 Å². The van der Waals surface area contributed by atoms with Gasteiger partial charge in [-0.2, -0.15) is 0 Å². The summed E-state index contributed by atoms with van der Waals surface area (Å²) in [5, 5.41) is 9.22. The Morgan fingerprint density at radius 2 is 2.00 bits per heavy atom. The van der Waals surface area contributed by atoms with Gasteiger partial charge in [0.1, 0.15) is 22.7 Å². The number of hydrogen-bond acceptors (Lipinski definition) is 3. The summed E-state index contributed by atoms with van der Waals surface area (Å²) < 4.78 is 18.9. The molecule has 0 spiro atoms. The predicted molar refractivity (Wildman–Crippen MR) is 71.4 cm³/mol. The highest BCUT2D eigenvalue weighted by Gasteiger charge is 2.38. The zero-order valence-corrected chi connectivity index (χ0v) is 11.9. The molecule has 0 heterocycles. The predicted octanol–water partition coefficient (Wildman–Crippen LogP) is 2.16. The van der Waals surface area contributed by atoms with Crippen molar-refractivity contribution in [1.82, 2.24) is 4.90 Å². The molecule has 0 bridgehead atoms. The van der Waals surface area contributed by atoms with Crippen LogP contribution in [-0.4, -0.2) is 41.1 Å². The monoisotopic (exact) mass is 283 g/mol. The third-order valence-electron chi connectivity index (χ3n) is 3.17. The zero-order valence-electron chi connectivity index (χ0n) is 11.9. The lowest BCUT2D eigenvalue weighted by molar-refractivity contribution is -0.147. The van der Waals surface area contributed by atoms with Crippen LogP contribution in [0.25, 0.3) is 0 Å². The lowest BCUT2D eigenvalue weighted by Gasteiger charge is -2.34. The van der Waals surface area contributed by atoms with E-state index in [-0.39, 0.29) is 17.9 Å². The molecular formula is C14H18FNO4. The maximum absolute atomic E-state index is 13.9. The average molecular weight is 283 g/mol. The second-order valence-corrected chi connectivity index (χ2v) is 4.73. The molecule has 6 heteroatoms. The lowest BCUT2D eigenvalue weighted by atomic mass is 10.0. The minimum Gasteiger partial charge on any atom is -0.496 e. The maximum atomic E-state index is 13.9. The number of halogens is 1. The number of methoxy groups -OCH3 is 1. The number of carbonyl (C=O) groups excluding carboxylic acids is 1. The molecule has 0 saturated carbocycles. The molecule has 0 unspecified atom stereocenters. The van der Waals surface area contributed by atoms with E-state index in [4.69, 9.17) is 4.74 Å². The van der Waals surface area contributed by atoms with Gasteiger partial charge in [-0.05, 0) is 32.9 Å². The fourth-order valence-electron chi connectivity index (χ4n) is 1.93. The molecule has 0 aliphatic carbocycles. The summed E-state index contributed by atoms with van der Waals surface area (Å²) in [6.45, 7) is 4.56. The van der Waals surface area contributed by atoms with E-state index in [9.17, 15) is 19.1 Å². The van der Waals surface area contributed by atoms with Crippen LogP contribution in [-0.2, 0) is 4.79 Å². The highest BCUT2D eigenvalue weighted by molar-refractivity contribution is 6.00. The Labute approximate surface area is 117 Å². The molecule has 0 aliphatic heterocycles. The number of aliphatic carboxylic acids is 1. The molecule has 0 fully saturated rings. The van der Waals surface area contributed by atoms with Gasteiger partial charge in [-0.25, -0.2) is 9.18 Å². The Balaban J connectivity index is 3.33. The molecule has 1 rings (SSSR count).